The maximum absolute atomic E-state index is 11.9. The predicted octanol–water partition coefficient (Wildman–Crippen LogP) is 6.62. The monoisotopic (exact) mass is 432 g/mol. The standard InChI is InChI=1S/C23H44O5S/c1-3-5-7-8-9-10-11-12-13-14-15-16-17-18-20-22(29(25,26)27)23(24)28-21-19-6-4-2/h12-13,22H,3-11,14-21H2,1-2H3,(H,25,26,27). The van der Waals surface area contributed by atoms with Gasteiger partial charge < -0.3 is 4.74 Å². The van der Waals surface area contributed by atoms with Gasteiger partial charge in [0.2, 0.25) is 0 Å². The molecular formula is C23H44O5S. The summed E-state index contributed by atoms with van der Waals surface area (Å²) in [5.74, 6) is -0.818. The largest absolute Gasteiger partial charge is 0.465 e. The molecule has 1 atom stereocenters. The Hall–Kier alpha value is -0.880. The Kier molecular flexibility index (Phi) is 18.5. The third-order valence-corrected chi connectivity index (χ3v) is 6.24. The second-order valence-corrected chi connectivity index (χ2v) is 9.50. The number of rotatable bonds is 20. The van der Waals surface area contributed by atoms with Crippen LogP contribution in [0, 0.1) is 0 Å². The van der Waals surface area contributed by atoms with Gasteiger partial charge in [-0.25, -0.2) is 0 Å². The van der Waals surface area contributed by atoms with Gasteiger partial charge in [-0.05, 0) is 38.5 Å². The van der Waals surface area contributed by atoms with Gasteiger partial charge in [-0.3, -0.25) is 9.35 Å². The Morgan fingerprint density at radius 2 is 1.28 bits per heavy atom. The quantitative estimate of drug-likeness (QED) is 0.101. The zero-order valence-electron chi connectivity index (χ0n) is 18.7. The predicted molar refractivity (Wildman–Crippen MR) is 121 cm³/mol. The molecule has 0 spiro atoms. The average Bonchev–Trinajstić information content (AvgIpc) is 2.67. The number of carbonyl (C=O) groups is 1. The molecule has 6 heteroatoms. The molecule has 0 aliphatic heterocycles. The second kappa shape index (κ2) is 19.1. The molecular weight excluding hydrogens is 388 g/mol. The van der Waals surface area contributed by atoms with Crippen LogP contribution in [0.5, 0.6) is 0 Å². The number of esters is 1. The van der Waals surface area contributed by atoms with Crippen molar-refractivity contribution in [2.24, 2.45) is 0 Å². The summed E-state index contributed by atoms with van der Waals surface area (Å²) in [6.45, 7) is 4.48. The van der Waals surface area contributed by atoms with E-state index in [9.17, 15) is 17.8 Å². The van der Waals surface area contributed by atoms with Crippen molar-refractivity contribution in [2.75, 3.05) is 6.61 Å². The maximum atomic E-state index is 11.9. The third-order valence-electron chi connectivity index (χ3n) is 5.09. The molecule has 0 bridgehead atoms. The van der Waals surface area contributed by atoms with E-state index < -0.39 is 21.3 Å². The molecule has 0 saturated carbocycles. The van der Waals surface area contributed by atoms with E-state index >= 15 is 0 Å². The van der Waals surface area contributed by atoms with Crippen LogP contribution in [0.4, 0.5) is 0 Å². The minimum atomic E-state index is -4.41. The minimum Gasteiger partial charge on any atom is -0.465 e. The van der Waals surface area contributed by atoms with Crippen molar-refractivity contribution in [1.82, 2.24) is 0 Å². The van der Waals surface area contributed by atoms with Gasteiger partial charge in [0.05, 0.1) is 6.61 Å². The van der Waals surface area contributed by atoms with E-state index in [0.717, 1.165) is 44.9 Å². The molecule has 0 radical (unpaired) electrons. The lowest BCUT2D eigenvalue weighted by Crippen LogP contribution is -2.32. The Labute approximate surface area is 179 Å². The molecule has 0 aromatic rings. The molecule has 5 nitrogen and oxygen atoms in total. The van der Waals surface area contributed by atoms with Crippen molar-refractivity contribution in [2.45, 2.75) is 122 Å². The minimum absolute atomic E-state index is 0.124. The molecule has 0 aliphatic rings. The smallest absolute Gasteiger partial charge is 0.326 e. The first-order chi connectivity index (χ1) is 13.9. The lowest BCUT2D eigenvalue weighted by Gasteiger charge is -2.13. The van der Waals surface area contributed by atoms with Gasteiger partial charge in [0, 0.05) is 0 Å². The van der Waals surface area contributed by atoms with Gasteiger partial charge in [-0.15, -0.1) is 0 Å². The van der Waals surface area contributed by atoms with E-state index in [1.807, 2.05) is 6.92 Å². The summed E-state index contributed by atoms with van der Waals surface area (Å²) in [5.41, 5.74) is 0. The van der Waals surface area contributed by atoms with E-state index in [0.29, 0.717) is 12.8 Å². The van der Waals surface area contributed by atoms with Crippen LogP contribution in [0.3, 0.4) is 0 Å². The number of carbonyl (C=O) groups excluding carboxylic acids is 1. The molecule has 0 saturated heterocycles. The van der Waals surface area contributed by atoms with Crippen molar-refractivity contribution < 1.29 is 22.5 Å². The highest BCUT2D eigenvalue weighted by atomic mass is 32.2. The molecule has 0 heterocycles. The molecule has 0 rings (SSSR count). The normalized spacial score (nSPS) is 13.1. The molecule has 0 aromatic heterocycles. The van der Waals surface area contributed by atoms with Gasteiger partial charge in [0.1, 0.15) is 0 Å². The second-order valence-electron chi connectivity index (χ2n) is 7.90. The summed E-state index contributed by atoms with van der Waals surface area (Å²) in [6, 6.07) is 0. The van der Waals surface area contributed by atoms with Crippen LogP contribution in [-0.2, 0) is 19.6 Å². The molecule has 1 N–H and O–H groups in total. The lowest BCUT2D eigenvalue weighted by molar-refractivity contribution is -0.143. The van der Waals surface area contributed by atoms with Gasteiger partial charge in [-0.1, -0.05) is 90.2 Å². The van der Waals surface area contributed by atoms with Crippen LogP contribution < -0.4 is 0 Å². The SMILES string of the molecule is CCCCCCCCC=CCCCCCCC(C(=O)OCCCCC)S(=O)(=O)O. The third kappa shape index (κ3) is 17.7. The molecule has 0 aliphatic carbocycles. The molecule has 0 amide bonds. The number of hydrogen-bond donors (Lipinski definition) is 1. The number of hydrogen-bond acceptors (Lipinski definition) is 4. The fourth-order valence-electron chi connectivity index (χ4n) is 3.23. The van der Waals surface area contributed by atoms with Crippen molar-refractivity contribution in [3.8, 4) is 0 Å². The van der Waals surface area contributed by atoms with Crippen LogP contribution in [0.25, 0.3) is 0 Å². The first-order valence-electron chi connectivity index (χ1n) is 11.7. The lowest BCUT2D eigenvalue weighted by atomic mass is 10.1. The fourth-order valence-corrected chi connectivity index (χ4v) is 4.01. The summed E-state index contributed by atoms with van der Waals surface area (Å²) >= 11 is 0. The topological polar surface area (TPSA) is 80.7 Å². The zero-order chi connectivity index (χ0) is 21.8. The molecule has 172 valence electrons. The van der Waals surface area contributed by atoms with Gasteiger partial charge in [0.25, 0.3) is 10.1 Å². The summed E-state index contributed by atoms with van der Waals surface area (Å²) in [4.78, 5) is 11.9. The Morgan fingerprint density at radius 1 is 0.793 bits per heavy atom. The molecule has 29 heavy (non-hydrogen) atoms. The van der Waals surface area contributed by atoms with Crippen molar-refractivity contribution in [3.05, 3.63) is 12.2 Å². The van der Waals surface area contributed by atoms with Crippen molar-refractivity contribution in [3.63, 3.8) is 0 Å². The van der Waals surface area contributed by atoms with Crippen LogP contribution in [0.2, 0.25) is 0 Å². The van der Waals surface area contributed by atoms with Crippen molar-refractivity contribution in [1.29, 1.82) is 0 Å². The van der Waals surface area contributed by atoms with E-state index in [4.69, 9.17) is 4.74 Å². The first-order valence-corrected chi connectivity index (χ1v) is 13.2. The zero-order valence-corrected chi connectivity index (χ0v) is 19.6. The maximum Gasteiger partial charge on any atom is 0.326 e. The van der Waals surface area contributed by atoms with Gasteiger partial charge >= 0.3 is 5.97 Å². The Morgan fingerprint density at radius 3 is 1.83 bits per heavy atom. The van der Waals surface area contributed by atoms with E-state index in [2.05, 4.69) is 19.1 Å². The van der Waals surface area contributed by atoms with Crippen LogP contribution >= 0.6 is 0 Å². The van der Waals surface area contributed by atoms with E-state index in [1.165, 1.54) is 38.5 Å². The van der Waals surface area contributed by atoms with Crippen LogP contribution in [0.1, 0.15) is 117 Å². The number of allylic oxidation sites excluding steroid dienone is 2. The number of unbranched alkanes of at least 4 members (excludes halogenated alkanes) is 12. The summed E-state index contributed by atoms with van der Waals surface area (Å²) in [5, 5.41) is -1.44. The molecule has 0 aromatic carbocycles. The number of ether oxygens (including phenoxy) is 1. The highest BCUT2D eigenvalue weighted by Crippen LogP contribution is 2.15. The van der Waals surface area contributed by atoms with Gasteiger partial charge in [0.15, 0.2) is 5.25 Å². The molecule has 0 fully saturated rings. The first kappa shape index (κ1) is 28.1. The summed E-state index contributed by atoms with van der Waals surface area (Å²) in [6.07, 6.45) is 20.9. The van der Waals surface area contributed by atoms with E-state index in [-0.39, 0.29) is 13.0 Å². The highest BCUT2D eigenvalue weighted by molar-refractivity contribution is 7.87. The summed E-state index contributed by atoms with van der Waals surface area (Å²) in [7, 11) is -4.41. The van der Waals surface area contributed by atoms with E-state index in [1.54, 1.807) is 0 Å². The highest BCUT2D eigenvalue weighted by Gasteiger charge is 2.31. The molecule has 1 unspecified atom stereocenters. The van der Waals surface area contributed by atoms with Crippen molar-refractivity contribution >= 4 is 16.1 Å². The Balaban J connectivity index is 3.80. The van der Waals surface area contributed by atoms with Crippen LogP contribution in [0.15, 0.2) is 12.2 Å². The van der Waals surface area contributed by atoms with Gasteiger partial charge in [-0.2, -0.15) is 8.42 Å². The Bertz CT molecular complexity index is 513. The summed E-state index contributed by atoms with van der Waals surface area (Å²) < 4.78 is 37.3. The average molecular weight is 433 g/mol. The van der Waals surface area contributed by atoms with Crippen LogP contribution in [-0.4, -0.2) is 30.8 Å². The fraction of sp³-hybridized carbons (Fsp3) is 0.870.